The van der Waals surface area contributed by atoms with E-state index in [4.69, 9.17) is 21.6 Å². The van der Waals surface area contributed by atoms with E-state index >= 15 is 0 Å². The first kappa shape index (κ1) is 9.91. The molecule has 10 heavy (non-hydrogen) atoms. The van der Waals surface area contributed by atoms with Gasteiger partial charge in [0.1, 0.15) is 6.16 Å². The first-order chi connectivity index (χ1) is 4.33. The maximum Gasteiger partial charge on any atom is 0.334 e. The van der Waals surface area contributed by atoms with Gasteiger partial charge >= 0.3 is 7.60 Å². The van der Waals surface area contributed by atoms with Crippen molar-refractivity contribution in [3.63, 3.8) is 0 Å². The van der Waals surface area contributed by atoms with E-state index in [2.05, 4.69) is 0 Å². The Kier molecular flexibility index (Phi) is 3.31. The second-order valence-corrected chi connectivity index (χ2v) is 3.85. The van der Waals surface area contributed by atoms with Crippen molar-refractivity contribution in [1.29, 1.82) is 0 Å². The van der Waals surface area contributed by atoms with E-state index in [-0.39, 0.29) is 0 Å². The number of carbonyl (C=O) groups excluding carboxylic acids is 1. The van der Waals surface area contributed by atoms with Crippen LogP contribution in [-0.2, 0) is 9.36 Å². The van der Waals surface area contributed by atoms with E-state index in [1.807, 2.05) is 0 Å². The molecule has 0 fully saturated rings. The van der Waals surface area contributed by atoms with Gasteiger partial charge in [0.2, 0.25) is 5.91 Å². The molecular weight excluding hydrogens is 180 g/mol. The van der Waals surface area contributed by atoms with Crippen molar-refractivity contribution in [2.45, 2.75) is 0 Å². The molecule has 0 aromatic carbocycles. The summed E-state index contributed by atoms with van der Waals surface area (Å²) in [6.45, 7) is 0. The molecule has 0 atom stereocenters. The van der Waals surface area contributed by atoms with Crippen LogP contribution in [0.1, 0.15) is 0 Å². The highest BCUT2D eigenvalue weighted by molar-refractivity contribution is 7.52. The predicted molar refractivity (Wildman–Crippen MR) is 35.5 cm³/mol. The Morgan fingerprint density at radius 2 is 2.10 bits per heavy atom. The third kappa shape index (κ3) is 4.76. The standard InChI is InChI=1S/C3H7ClNO4P/c1-5(4)3(6)2-10(7,8)9/h2H2,1H3,(H2,7,8,9). The molecule has 0 bridgehead atoms. The van der Waals surface area contributed by atoms with Crippen molar-refractivity contribution in [3.8, 4) is 0 Å². The molecule has 0 saturated heterocycles. The summed E-state index contributed by atoms with van der Waals surface area (Å²) < 4.78 is 10.7. The topological polar surface area (TPSA) is 77.8 Å². The van der Waals surface area contributed by atoms with Crippen molar-refractivity contribution in [2.24, 2.45) is 0 Å². The normalized spacial score (nSPS) is 11.2. The highest BCUT2D eigenvalue weighted by Gasteiger charge is 2.20. The lowest BCUT2D eigenvalue weighted by atomic mass is 10.7. The van der Waals surface area contributed by atoms with Crippen LogP contribution in [0, 0.1) is 0 Å². The zero-order valence-corrected chi connectivity index (χ0v) is 6.84. The van der Waals surface area contributed by atoms with Gasteiger partial charge < -0.3 is 9.79 Å². The van der Waals surface area contributed by atoms with Gasteiger partial charge in [-0.1, -0.05) is 0 Å². The summed E-state index contributed by atoms with van der Waals surface area (Å²) in [5, 5.41) is 0. The second kappa shape index (κ2) is 3.34. The minimum atomic E-state index is -4.25. The van der Waals surface area contributed by atoms with E-state index in [0.29, 0.717) is 4.42 Å². The Hall–Kier alpha value is -0.0900. The molecule has 1 amide bonds. The number of hydrogen-bond acceptors (Lipinski definition) is 2. The quantitative estimate of drug-likeness (QED) is 0.463. The van der Waals surface area contributed by atoms with Gasteiger partial charge in [-0.15, -0.1) is 0 Å². The van der Waals surface area contributed by atoms with Crippen LogP contribution in [0.5, 0.6) is 0 Å². The Bertz CT molecular complexity index is 175. The predicted octanol–water partition coefficient (Wildman–Crippen LogP) is -0.224. The highest BCUT2D eigenvalue weighted by atomic mass is 35.5. The number of rotatable bonds is 2. The minimum absolute atomic E-state index is 0.610. The van der Waals surface area contributed by atoms with E-state index in [0.717, 1.165) is 0 Å². The van der Waals surface area contributed by atoms with Crippen LogP contribution < -0.4 is 0 Å². The van der Waals surface area contributed by atoms with Gasteiger partial charge in [0.25, 0.3) is 0 Å². The summed E-state index contributed by atoms with van der Waals surface area (Å²) in [5.41, 5.74) is 0. The zero-order chi connectivity index (χ0) is 8.36. The Balaban J connectivity index is 3.94. The zero-order valence-electron chi connectivity index (χ0n) is 5.19. The summed E-state index contributed by atoms with van der Waals surface area (Å²) in [4.78, 5) is 26.9. The molecular formula is C3H7ClNO4P. The van der Waals surface area contributed by atoms with Crippen molar-refractivity contribution in [2.75, 3.05) is 13.2 Å². The molecule has 0 radical (unpaired) electrons. The lowest BCUT2D eigenvalue weighted by Gasteiger charge is -2.06. The molecule has 60 valence electrons. The lowest BCUT2D eigenvalue weighted by molar-refractivity contribution is -0.123. The molecule has 0 aliphatic rings. The van der Waals surface area contributed by atoms with Crippen LogP contribution in [0.3, 0.4) is 0 Å². The van der Waals surface area contributed by atoms with Crippen LogP contribution in [0.2, 0.25) is 0 Å². The molecule has 0 saturated carbocycles. The Morgan fingerprint density at radius 3 is 2.20 bits per heavy atom. The molecule has 0 unspecified atom stereocenters. The highest BCUT2D eigenvalue weighted by Crippen LogP contribution is 2.34. The number of halogens is 1. The van der Waals surface area contributed by atoms with Crippen LogP contribution in [0.15, 0.2) is 0 Å². The number of hydrogen-bond donors (Lipinski definition) is 2. The van der Waals surface area contributed by atoms with Crippen LogP contribution in [-0.4, -0.2) is 33.3 Å². The fourth-order valence-corrected chi connectivity index (χ4v) is 0.981. The van der Waals surface area contributed by atoms with E-state index in [1.165, 1.54) is 7.05 Å². The molecule has 0 aliphatic heterocycles. The third-order valence-electron chi connectivity index (χ3n) is 0.685. The van der Waals surface area contributed by atoms with Crippen LogP contribution >= 0.6 is 19.4 Å². The third-order valence-corrected chi connectivity index (χ3v) is 1.56. The first-order valence-electron chi connectivity index (χ1n) is 2.30. The summed E-state index contributed by atoms with van der Waals surface area (Å²) >= 11 is 5.07. The van der Waals surface area contributed by atoms with Gasteiger partial charge in [-0.2, -0.15) is 0 Å². The Labute approximate surface area is 62.9 Å². The molecule has 0 aromatic heterocycles. The lowest BCUT2D eigenvalue weighted by Crippen LogP contribution is -2.19. The SMILES string of the molecule is CN(Cl)C(=O)CP(=O)(O)O. The molecule has 2 N–H and O–H groups in total. The summed E-state index contributed by atoms with van der Waals surface area (Å²) in [6, 6.07) is 0. The number of nitrogens with zero attached hydrogens (tertiary/aromatic N) is 1. The van der Waals surface area contributed by atoms with Gasteiger partial charge in [0.15, 0.2) is 0 Å². The summed E-state index contributed by atoms with van der Waals surface area (Å²) in [7, 11) is -3.04. The van der Waals surface area contributed by atoms with Gasteiger partial charge in [0, 0.05) is 18.8 Å². The van der Waals surface area contributed by atoms with E-state index in [1.54, 1.807) is 0 Å². The fourth-order valence-electron chi connectivity index (χ4n) is 0.274. The average Bonchev–Trinajstić information content (AvgIpc) is 1.60. The maximum atomic E-state index is 10.5. The molecule has 0 heterocycles. The second-order valence-electron chi connectivity index (χ2n) is 1.69. The molecule has 0 spiro atoms. The average molecular weight is 188 g/mol. The maximum absolute atomic E-state index is 10.5. The van der Waals surface area contributed by atoms with Crippen molar-refractivity contribution >= 4 is 25.3 Å². The van der Waals surface area contributed by atoms with Crippen molar-refractivity contribution < 1.29 is 19.1 Å². The van der Waals surface area contributed by atoms with Gasteiger partial charge in [-0.25, -0.2) is 0 Å². The van der Waals surface area contributed by atoms with Crippen LogP contribution in [0.25, 0.3) is 0 Å². The van der Waals surface area contributed by atoms with Gasteiger partial charge in [-0.3, -0.25) is 13.8 Å². The van der Waals surface area contributed by atoms with Gasteiger partial charge in [0.05, 0.1) is 0 Å². The number of amides is 1. The Morgan fingerprint density at radius 1 is 1.70 bits per heavy atom. The number of carbonyl (C=O) groups is 1. The molecule has 0 aliphatic carbocycles. The summed E-state index contributed by atoms with van der Waals surface area (Å²) in [5.74, 6) is -0.796. The van der Waals surface area contributed by atoms with E-state index in [9.17, 15) is 9.36 Å². The largest absolute Gasteiger partial charge is 0.334 e. The molecule has 5 nitrogen and oxygen atoms in total. The van der Waals surface area contributed by atoms with Crippen LogP contribution in [0.4, 0.5) is 0 Å². The smallest absolute Gasteiger partial charge is 0.324 e. The fraction of sp³-hybridized carbons (Fsp3) is 0.667. The molecule has 0 rings (SSSR count). The summed E-state index contributed by atoms with van der Waals surface area (Å²) in [6.07, 6.45) is -0.840. The molecule has 0 aromatic rings. The van der Waals surface area contributed by atoms with E-state index < -0.39 is 19.7 Å². The molecule has 7 heteroatoms. The van der Waals surface area contributed by atoms with Crippen molar-refractivity contribution in [3.05, 3.63) is 0 Å². The first-order valence-corrected chi connectivity index (χ1v) is 4.43. The monoisotopic (exact) mass is 187 g/mol. The van der Waals surface area contributed by atoms with Crippen molar-refractivity contribution in [1.82, 2.24) is 4.42 Å². The van der Waals surface area contributed by atoms with Gasteiger partial charge in [-0.05, 0) is 0 Å². The minimum Gasteiger partial charge on any atom is -0.324 e.